The maximum atomic E-state index is 12.7. The second kappa shape index (κ2) is 7.89. The maximum absolute atomic E-state index is 12.7. The van der Waals surface area contributed by atoms with Crippen molar-refractivity contribution in [2.45, 2.75) is 64.0 Å². The quantitative estimate of drug-likeness (QED) is 0.891. The van der Waals surface area contributed by atoms with Gasteiger partial charge in [-0.1, -0.05) is 19.3 Å². The topological polar surface area (TPSA) is 52.7 Å². The molecule has 25 heavy (non-hydrogen) atoms. The van der Waals surface area contributed by atoms with Gasteiger partial charge in [-0.05, 0) is 50.5 Å². The van der Waals surface area contributed by atoms with Crippen molar-refractivity contribution in [1.82, 2.24) is 4.90 Å². The smallest absolute Gasteiger partial charge is 0.244 e. The molecular formula is C20H29N3O2. The van der Waals surface area contributed by atoms with Crippen molar-refractivity contribution in [2.24, 2.45) is 0 Å². The molecule has 1 aromatic rings. The molecule has 0 aromatic heterocycles. The Morgan fingerprint density at radius 1 is 1.16 bits per heavy atom. The summed E-state index contributed by atoms with van der Waals surface area (Å²) in [5, 5.41) is 3.30. The molecular weight excluding hydrogens is 314 g/mol. The number of likely N-dealkylation sites (N-methyl/N-ethyl adjacent to an activating group) is 1. The summed E-state index contributed by atoms with van der Waals surface area (Å²) in [5.41, 5.74) is 1.85. The zero-order valence-corrected chi connectivity index (χ0v) is 15.3. The highest BCUT2D eigenvalue weighted by Gasteiger charge is 2.26. The lowest BCUT2D eigenvalue weighted by Gasteiger charge is -2.33. The van der Waals surface area contributed by atoms with Crippen LogP contribution in [0, 0.1) is 0 Å². The molecule has 136 valence electrons. The van der Waals surface area contributed by atoms with Gasteiger partial charge >= 0.3 is 0 Å². The van der Waals surface area contributed by atoms with Crippen molar-refractivity contribution in [1.29, 1.82) is 0 Å². The minimum atomic E-state index is -0.258. The average Bonchev–Trinajstić information content (AvgIpc) is 3.07. The highest BCUT2D eigenvalue weighted by molar-refractivity contribution is 5.95. The summed E-state index contributed by atoms with van der Waals surface area (Å²) in [5.74, 6) is 0.337. The van der Waals surface area contributed by atoms with E-state index in [1.54, 1.807) is 0 Å². The monoisotopic (exact) mass is 343 g/mol. The number of hydrogen-bond donors (Lipinski definition) is 1. The number of carbonyl (C=O) groups is 2. The van der Waals surface area contributed by atoms with Crippen LogP contribution in [-0.4, -0.2) is 42.4 Å². The van der Waals surface area contributed by atoms with Crippen LogP contribution in [0.3, 0.4) is 0 Å². The fourth-order valence-electron chi connectivity index (χ4n) is 3.92. The molecule has 1 heterocycles. The molecule has 0 radical (unpaired) electrons. The number of carbonyl (C=O) groups excluding carboxylic acids is 2. The number of anilines is 2. The summed E-state index contributed by atoms with van der Waals surface area (Å²) < 4.78 is 0. The van der Waals surface area contributed by atoms with Crippen molar-refractivity contribution in [3.8, 4) is 0 Å². The SMILES string of the molecule is C[C@H](Nc1ccc(N2CCCC2=O)cc1)C(=O)N(C)C1CCCCC1. The minimum Gasteiger partial charge on any atom is -0.374 e. The molecule has 0 spiro atoms. The molecule has 2 fully saturated rings. The van der Waals surface area contributed by atoms with Crippen molar-refractivity contribution >= 4 is 23.2 Å². The minimum absolute atomic E-state index is 0.144. The fourth-order valence-corrected chi connectivity index (χ4v) is 3.92. The fraction of sp³-hybridized carbons (Fsp3) is 0.600. The van der Waals surface area contributed by atoms with Gasteiger partial charge in [-0.25, -0.2) is 0 Å². The van der Waals surface area contributed by atoms with Crippen molar-refractivity contribution in [2.75, 3.05) is 23.8 Å². The highest BCUT2D eigenvalue weighted by atomic mass is 16.2. The molecule has 2 aliphatic rings. The Morgan fingerprint density at radius 2 is 1.84 bits per heavy atom. The van der Waals surface area contributed by atoms with E-state index in [-0.39, 0.29) is 17.9 Å². The van der Waals surface area contributed by atoms with Crippen LogP contribution in [0.1, 0.15) is 51.9 Å². The largest absolute Gasteiger partial charge is 0.374 e. The summed E-state index contributed by atoms with van der Waals surface area (Å²) >= 11 is 0. The third kappa shape index (κ3) is 4.14. The van der Waals surface area contributed by atoms with E-state index in [1.807, 2.05) is 48.0 Å². The van der Waals surface area contributed by atoms with Gasteiger partial charge in [-0.2, -0.15) is 0 Å². The molecule has 5 nitrogen and oxygen atoms in total. The van der Waals surface area contributed by atoms with E-state index in [2.05, 4.69) is 5.32 Å². The van der Waals surface area contributed by atoms with Crippen LogP contribution in [0.15, 0.2) is 24.3 Å². The van der Waals surface area contributed by atoms with Crippen LogP contribution in [-0.2, 0) is 9.59 Å². The Hall–Kier alpha value is -2.04. The molecule has 1 aliphatic carbocycles. The lowest BCUT2D eigenvalue weighted by molar-refractivity contribution is -0.133. The first-order valence-electron chi connectivity index (χ1n) is 9.50. The number of nitrogens with zero attached hydrogens (tertiary/aromatic N) is 2. The molecule has 0 bridgehead atoms. The standard InChI is InChI=1S/C20H29N3O2/c1-15(20(25)22(2)17-7-4-3-5-8-17)21-16-10-12-18(13-11-16)23-14-6-9-19(23)24/h10-13,15,17,21H,3-9,14H2,1-2H3/t15-/m0/s1. The van der Waals surface area contributed by atoms with E-state index >= 15 is 0 Å². The molecule has 1 saturated carbocycles. The first-order valence-corrected chi connectivity index (χ1v) is 9.50. The molecule has 1 saturated heterocycles. The molecule has 1 aliphatic heterocycles. The lowest BCUT2D eigenvalue weighted by atomic mass is 9.94. The van der Waals surface area contributed by atoms with Crippen LogP contribution in [0.25, 0.3) is 0 Å². The van der Waals surface area contributed by atoms with Gasteiger partial charge in [0.25, 0.3) is 0 Å². The molecule has 3 rings (SSSR count). The van der Waals surface area contributed by atoms with Gasteiger partial charge in [-0.3, -0.25) is 9.59 Å². The van der Waals surface area contributed by atoms with Crippen LogP contribution in [0.2, 0.25) is 0 Å². The first-order chi connectivity index (χ1) is 12.1. The second-order valence-corrected chi connectivity index (χ2v) is 7.30. The first kappa shape index (κ1) is 17.8. The molecule has 1 N–H and O–H groups in total. The maximum Gasteiger partial charge on any atom is 0.244 e. The summed E-state index contributed by atoms with van der Waals surface area (Å²) in [6.07, 6.45) is 7.54. The van der Waals surface area contributed by atoms with Crippen molar-refractivity contribution in [3.63, 3.8) is 0 Å². The molecule has 1 atom stereocenters. The average molecular weight is 343 g/mol. The van der Waals surface area contributed by atoms with Crippen LogP contribution in [0.5, 0.6) is 0 Å². The number of rotatable bonds is 5. The Kier molecular flexibility index (Phi) is 5.61. The van der Waals surface area contributed by atoms with Gasteiger partial charge in [-0.15, -0.1) is 0 Å². The van der Waals surface area contributed by atoms with Crippen LogP contribution in [0.4, 0.5) is 11.4 Å². The lowest BCUT2D eigenvalue weighted by Crippen LogP contribution is -2.45. The van der Waals surface area contributed by atoms with E-state index < -0.39 is 0 Å². The molecule has 2 amide bonds. The third-order valence-electron chi connectivity index (χ3n) is 5.48. The zero-order valence-electron chi connectivity index (χ0n) is 15.3. The van der Waals surface area contributed by atoms with Gasteiger partial charge in [0, 0.05) is 37.4 Å². The highest BCUT2D eigenvalue weighted by Crippen LogP contribution is 2.24. The van der Waals surface area contributed by atoms with E-state index in [9.17, 15) is 9.59 Å². The van der Waals surface area contributed by atoms with E-state index in [1.165, 1.54) is 19.3 Å². The summed E-state index contributed by atoms with van der Waals surface area (Å²) in [6, 6.07) is 7.93. The predicted molar refractivity (Wildman–Crippen MR) is 101 cm³/mol. The van der Waals surface area contributed by atoms with E-state index in [0.717, 1.165) is 37.2 Å². The number of amides is 2. The second-order valence-electron chi connectivity index (χ2n) is 7.30. The predicted octanol–water partition coefficient (Wildman–Crippen LogP) is 3.40. The number of hydrogen-bond acceptors (Lipinski definition) is 3. The zero-order chi connectivity index (χ0) is 17.8. The Balaban J connectivity index is 1.57. The van der Waals surface area contributed by atoms with Gasteiger partial charge < -0.3 is 15.1 Å². The summed E-state index contributed by atoms with van der Waals surface area (Å²) in [6.45, 7) is 2.71. The van der Waals surface area contributed by atoms with E-state index in [4.69, 9.17) is 0 Å². The van der Waals surface area contributed by atoms with Gasteiger partial charge in [0.15, 0.2) is 0 Å². The summed E-state index contributed by atoms with van der Waals surface area (Å²) in [7, 11) is 1.93. The molecule has 1 aromatic carbocycles. The Labute approximate surface area is 150 Å². The third-order valence-corrected chi connectivity index (χ3v) is 5.48. The van der Waals surface area contributed by atoms with Crippen LogP contribution >= 0.6 is 0 Å². The Morgan fingerprint density at radius 3 is 2.44 bits per heavy atom. The molecule has 5 heteroatoms. The normalized spacial score (nSPS) is 19.8. The van der Waals surface area contributed by atoms with Crippen molar-refractivity contribution in [3.05, 3.63) is 24.3 Å². The van der Waals surface area contributed by atoms with Gasteiger partial charge in [0.1, 0.15) is 6.04 Å². The number of nitrogens with one attached hydrogen (secondary N) is 1. The summed E-state index contributed by atoms with van der Waals surface area (Å²) in [4.78, 5) is 28.2. The van der Waals surface area contributed by atoms with Gasteiger partial charge in [0.2, 0.25) is 11.8 Å². The van der Waals surface area contributed by atoms with Gasteiger partial charge in [0.05, 0.1) is 0 Å². The Bertz CT molecular complexity index is 608. The molecule has 0 unspecified atom stereocenters. The van der Waals surface area contributed by atoms with Crippen molar-refractivity contribution < 1.29 is 9.59 Å². The number of benzene rings is 1. The van der Waals surface area contributed by atoms with Crippen LogP contribution < -0.4 is 10.2 Å². The van der Waals surface area contributed by atoms with E-state index in [0.29, 0.717) is 12.5 Å².